The Morgan fingerprint density at radius 1 is 1.12 bits per heavy atom. The van der Waals surface area contributed by atoms with E-state index >= 15 is 0 Å². The van der Waals surface area contributed by atoms with Crippen LogP contribution in [0.2, 0.25) is 0 Å². The van der Waals surface area contributed by atoms with Crippen LogP contribution in [0.4, 0.5) is 10.1 Å². The molecule has 1 aromatic heterocycles. The third kappa shape index (κ3) is 4.17. The average molecular weight is 337 g/mol. The highest BCUT2D eigenvalue weighted by molar-refractivity contribution is 5.95. The minimum Gasteiger partial charge on any atom is -0.437 e. The van der Waals surface area contributed by atoms with E-state index in [0.717, 1.165) is 0 Å². The van der Waals surface area contributed by atoms with Crippen LogP contribution in [0.1, 0.15) is 18.4 Å². The van der Waals surface area contributed by atoms with E-state index in [-0.39, 0.29) is 5.91 Å². The van der Waals surface area contributed by atoms with Crippen LogP contribution in [0, 0.1) is 5.82 Å². The van der Waals surface area contributed by atoms with E-state index in [1.165, 1.54) is 6.07 Å². The van der Waals surface area contributed by atoms with Crippen LogP contribution in [-0.4, -0.2) is 16.1 Å². The maximum Gasteiger partial charge on any atom is 0.238 e. The molecule has 0 fully saturated rings. The lowest BCUT2D eigenvalue weighted by Gasteiger charge is -2.14. The Labute approximate surface area is 144 Å². The molecular formula is C19H16FN3O2. The van der Waals surface area contributed by atoms with E-state index in [2.05, 4.69) is 15.5 Å². The summed E-state index contributed by atoms with van der Waals surface area (Å²) in [6.07, 6.45) is 1.55. The molecule has 5 nitrogen and oxygen atoms in total. The predicted molar refractivity (Wildman–Crippen MR) is 92.0 cm³/mol. The largest absolute Gasteiger partial charge is 0.437 e. The van der Waals surface area contributed by atoms with Gasteiger partial charge in [0.25, 0.3) is 0 Å². The second-order valence-corrected chi connectivity index (χ2v) is 5.42. The summed E-state index contributed by atoms with van der Waals surface area (Å²) >= 11 is 0. The molecule has 0 spiro atoms. The highest BCUT2D eigenvalue weighted by Crippen LogP contribution is 2.24. The summed E-state index contributed by atoms with van der Waals surface area (Å²) in [6, 6.07) is 16.5. The number of nitrogens with zero attached hydrogens (tertiary/aromatic N) is 2. The lowest BCUT2D eigenvalue weighted by Crippen LogP contribution is -2.19. The molecule has 1 amide bonds. The third-order valence-electron chi connectivity index (χ3n) is 3.64. The quantitative estimate of drug-likeness (QED) is 0.759. The van der Waals surface area contributed by atoms with Gasteiger partial charge in [0.05, 0.1) is 5.92 Å². The van der Waals surface area contributed by atoms with Crippen molar-refractivity contribution < 1.29 is 13.9 Å². The van der Waals surface area contributed by atoms with Crippen molar-refractivity contribution >= 4 is 11.6 Å². The SMILES string of the molecule is C[C@@H](C(=O)Nc1cccc(Oc2cccnn2)c1)c1ccccc1F. The van der Waals surface area contributed by atoms with Gasteiger partial charge in [-0.25, -0.2) is 4.39 Å². The van der Waals surface area contributed by atoms with Crippen molar-refractivity contribution in [2.75, 3.05) is 5.32 Å². The normalized spacial score (nSPS) is 11.6. The van der Waals surface area contributed by atoms with Crippen LogP contribution >= 0.6 is 0 Å². The molecule has 0 saturated heterocycles. The zero-order chi connectivity index (χ0) is 17.6. The molecule has 0 aliphatic carbocycles. The standard InChI is InChI=1S/C19H16FN3O2/c1-13(16-8-2-3-9-17(16)20)19(24)22-14-6-4-7-15(12-14)25-18-10-5-11-21-23-18/h2-13H,1H3,(H,22,24)/t13-/m1/s1. The maximum atomic E-state index is 13.8. The predicted octanol–water partition coefficient (Wildman–Crippen LogP) is 4.15. The molecule has 0 aliphatic rings. The summed E-state index contributed by atoms with van der Waals surface area (Å²) in [5.74, 6) is -0.458. The summed E-state index contributed by atoms with van der Waals surface area (Å²) in [7, 11) is 0. The van der Waals surface area contributed by atoms with Crippen LogP contribution in [0.3, 0.4) is 0 Å². The van der Waals surface area contributed by atoms with Crippen molar-refractivity contribution in [1.29, 1.82) is 0 Å². The zero-order valence-corrected chi connectivity index (χ0v) is 13.5. The van der Waals surface area contributed by atoms with Gasteiger partial charge in [-0.1, -0.05) is 24.3 Å². The number of carbonyl (C=O) groups excluding carboxylic acids is 1. The Morgan fingerprint density at radius 2 is 1.96 bits per heavy atom. The molecule has 0 saturated carbocycles. The molecule has 25 heavy (non-hydrogen) atoms. The van der Waals surface area contributed by atoms with Gasteiger partial charge in [-0.15, -0.1) is 5.10 Å². The number of anilines is 1. The monoisotopic (exact) mass is 337 g/mol. The van der Waals surface area contributed by atoms with E-state index < -0.39 is 11.7 Å². The first-order valence-corrected chi connectivity index (χ1v) is 7.74. The molecule has 1 atom stereocenters. The molecule has 1 heterocycles. The lowest BCUT2D eigenvalue weighted by atomic mass is 10.00. The first kappa shape index (κ1) is 16.6. The van der Waals surface area contributed by atoms with Crippen molar-refractivity contribution in [2.24, 2.45) is 0 Å². The maximum absolute atomic E-state index is 13.8. The van der Waals surface area contributed by atoms with Crippen LogP contribution < -0.4 is 10.1 Å². The van der Waals surface area contributed by atoms with Crippen molar-refractivity contribution in [1.82, 2.24) is 10.2 Å². The van der Waals surface area contributed by atoms with E-state index in [9.17, 15) is 9.18 Å². The molecule has 6 heteroatoms. The Kier molecular flexibility index (Phi) is 4.99. The Hall–Kier alpha value is -3.28. The Balaban J connectivity index is 1.71. The van der Waals surface area contributed by atoms with Crippen molar-refractivity contribution in [2.45, 2.75) is 12.8 Å². The number of aromatic nitrogens is 2. The number of ether oxygens (including phenoxy) is 1. The molecule has 0 unspecified atom stereocenters. The second kappa shape index (κ2) is 7.53. The molecular weight excluding hydrogens is 321 g/mol. The molecule has 0 bridgehead atoms. The number of halogens is 1. The first-order chi connectivity index (χ1) is 12.1. The van der Waals surface area contributed by atoms with Gasteiger partial charge in [-0.05, 0) is 36.8 Å². The number of hydrogen-bond donors (Lipinski definition) is 1. The zero-order valence-electron chi connectivity index (χ0n) is 13.5. The fourth-order valence-electron chi connectivity index (χ4n) is 2.32. The first-order valence-electron chi connectivity index (χ1n) is 7.74. The van der Waals surface area contributed by atoms with Gasteiger partial charge in [0.1, 0.15) is 11.6 Å². The van der Waals surface area contributed by atoms with Crippen LogP contribution in [-0.2, 0) is 4.79 Å². The summed E-state index contributed by atoms with van der Waals surface area (Å²) in [4.78, 5) is 12.4. The van der Waals surface area contributed by atoms with Crippen molar-refractivity contribution in [3.8, 4) is 11.6 Å². The Morgan fingerprint density at radius 3 is 2.72 bits per heavy atom. The van der Waals surface area contributed by atoms with Gasteiger partial charge in [0.15, 0.2) is 0 Å². The highest BCUT2D eigenvalue weighted by atomic mass is 19.1. The summed E-state index contributed by atoms with van der Waals surface area (Å²) in [5, 5.41) is 10.3. The van der Waals surface area contributed by atoms with Gasteiger partial charge in [-0.2, -0.15) is 5.10 Å². The molecule has 0 aliphatic heterocycles. The summed E-state index contributed by atoms with van der Waals surface area (Å²) < 4.78 is 19.4. The van der Waals surface area contributed by atoms with Gasteiger partial charge < -0.3 is 10.1 Å². The molecule has 0 radical (unpaired) electrons. The topological polar surface area (TPSA) is 64.1 Å². The lowest BCUT2D eigenvalue weighted by molar-refractivity contribution is -0.117. The van der Waals surface area contributed by atoms with E-state index in [1.807, 2.05) is 0 Å². The molecule has 2 aromatic carbocycles. The third-order valence-corrected chi connectivity index (χ3v) is 3.64. The molecule has 126 valence electrons. The number of benzene rings is 2. The minimum atomic E-state index is -0.620. The number of carbonyl (C=O) groups is 1. The van der Waals surface area contributed by atoms with Crippen LogP contribution in [0.15, 0.2) is 66.9 Å². The second-order valence-electron chi connectivity index (χ2n) is 5.42. The minimum absolute atomic E-state index is 0.304. The molecule has 1 N–H and O–H groups in total. The van der Waals surface area contributed by atoms with Crippen molar-refractivity contribution in [3.05, 3.63) is 78.2 Å². The number of nitrogens with one attached hydrogen (secondary N) is 1. The highest BCUT2D eigenvalue weighted by Gasteiger charge is 2.18. The van der Waals surface area contributed by atoms with Crippen LogP contribution in [0.25, 0.3) is 0 Å². The average Bonchev–Trinajstić information content (AvgIpc) is 2.63. The van der Waals surface area contributed by atoms with E-state index in [1.54, 1.807) is 67.7 Å². The summed E-state index contributed by atoms with van der Waals surface area (Å²) in [6.45, 7) is 1.66. The van der Waals surface area contributed by atoms with E-state index in [0.29, 0.717) is 22.9 Å². The van der Waals surface area contributed by atoms with Gasteiger partial charge >= 0.3 is 0 Å². The number of amides is 1. The van der Waals surface area contributed by atoms with Gasteiger partial charge in [-0.3, -0.25) is 4.79 Å². The van der Waals surface area contributed by atoms with E-state index in [4.69, 9.17) is 4.74 Å². The van der Waals surface area contributed by atoms with Crippen molar-refractivity contribution in [3.63, 3.8) is 0 Å². The Bertz CT molecular complexity index is 871. The smallest absolute Gasteiger partial charge is 0.238 e. The molecule has 3 aromatic rings. The fourth-order valence-corrected chi connectivity index (χ4v) is 2.32. The van der Waals surface area contributed by atoms with Crippen LogP contribution in [0.5, 0.6) is 11.6 Å². The van der Waals surface area contributed by atoms with Gasteiger partial charge in [0.2, 0.25) is 11.8 Å². The number of hydrogen-bond acceptors (Lipinski definition) is 4. The number of rotatable bonds is 5. The van der Waals surface area contributed by atoms with Gasteiger partial charge in [0, 0.05) is 24.0 Å². The molecule has 3 rings (SSSR count). The fraction of sp³-hybridized carbons (Fsp3) is 0.105. The summed E-state index contributed by atoms with van der Waals surface area (Å²) in [5.41, 5.74) is 0.904.